The van der Waals surface area contributed by atoms with Crippen molar-refractivity contribution in [1.82, 2.24) is 10.3 Å². The molecule has 0 aliphatic rings. The Morgan fingerprint density at radius 2 is 2.00 bits per heavy atom. The van der Waals surface area contributed by atoms with Gasteiger partial charge in [0.15, 0.2) is 0 Å². The number of carbonyl (C=O) groups excluding carboxylic acids is 1. The van der Waals surface area contributed by atoms with E-state index >= 15 is 0 Å². The smallest absolute Gasteiger partial charge is 0.254 e. The molecule has 1 amide bonds. The van der Waals surface area contributed by atoms with Crippen LogP contribution in [0.3, 0.4) is 0 Å². The molecular formula is C20H26N2O2S. The highest BCUT2D eigenvalue weighted by Crippen LogP contribution is 2.28. The summed E-state index contributed by atoms with van der Waals surface area (Å²) in [6, 6.07) is 11.8. The summed E-state index contributed by atoms with van der Waals surface area (Å²) in [5.41, 5.74) is 1.82. The Morgan fingerprint density at radius 3 is 2.72 bits per heavy atom. The molecule has 1 N–H and O–H groups in total. The highest BCUT2D eigenvalue weighted by atomic mass is 32.2. The van der Waals surface area contributed by atoms with E-state index in [4.69, 9.17) is 4.74 Å². The maximum Gasteiger partial charge on any atom is 0.254 e. The van der Waals surface area contributed by atoms with E-state index in [1.807, 2.05) is 18.2 Å². The molecule has 1 heterocycles. The molecular weight excluding hydrogens is 332 g/mol. The van der Waals surface area contributed by atoms with Crippen LogP contribution in [0.4, 0.5) is 0 Å². The first-order valence-corrected chi connectivity index (χ1v) is 9.43. The Kier molecular flexibility index (Phi) is 7.95. The van der Waals surface area contributed by atoms with Gasteiger partial charge in [0.05, 0.1) is 5.56 Å². The van der Waals surface area contributed by atoms with E-state index < -0.39 is 0 Å². The predicted molar refractivity (Wildman–Crippen MR) is 102 cm³/mol. The molecule has 1 aromatic carbocycles. The number of hydrogen-bond donors (Lipinski definition) is 1. The van der Waals surface area contributed by atoms with Crippen LogP contribution in [0.15, 0.2) is 52.5 Å². The number of benzene rings is 1. The lowest BCUT2D eigenvalue weighted by Crippen LogP contribution is -2.26. The molecule has 2 aromatic rings. The molecule has 134 valence electrons. The molecule has 0 aliphatic carbocycles. The van der Waals surface area contributed by atoms with Gasteiger partial charge in [-0.1, -0.05) is 43.3 Å². The molecule has 0 bridgehead atoms. The van der Waals surface area contributed by atoms with Crippen LogP contribution in [0.25, 0.3) is 0 Å². The minimum Gasteiger partial charge on any atom is -0.381 e. The van der Waals surface area contributed by atoms with Crippen LogP contribution in [0, 0.1) is 12.8 Å². The molecule has 0 spiro atoms. The second kappa shape index (κ2) is 10.2. The Balaban J connectivity index is 1.88. The van der Waals surface area contributed by atoms with Gasteiger partial charge in [-0.25, -0.2) is 4.98 Å². The van der Waals surface area contributed by atoms with Crippen molar-refractivity contribution in [3.8, 4) is 0 Å². The first-order chi connectivity index (χ1) is 12.1. The van der Waals surface area contributed by atoms with Crippen molar-refractivity contribution >= 4 is 17.7 Å². The van der Waals surface area contributed by atoms with E-state index in [0.717, 1.165) is 22.9 Å². The van der Waals surface area contributed by atoms with Crippen molar-refractivity contribution in [2.24, 2.45) is 5.92 Å². The Hall–Kier alpha value is -1.85. The third-order valence-electron chi connectivity index (χ3n) is 3.45. The summed E-state index contributed by atoms with van der Waals surface area (Å²) < 4.78 is 5.53. The molecule has 0 unspecified atom stereocenters. The zero-order chi connectivity index (χ0) is 18.1. The molecule has 0 atom stereocenters. The van der Waals surface area contributed by atoms with Crippen LogP contribution in [0.1, 0.15) is 36.2 Å². The van der Waals surface area contributed by atoms with E-state index in [-0.39, 0.29) is 5.91 Å². The molecule has 5 heteroatoms. The normalized spacial score (nSPS) is 10.9. The van der Waals surface area contributed by atoms with Gasteiger partial charge in [-0.05, 0) is 43.5 Å². The summed E-state index contributed by atoms with van der Waals surface area (Å²) in [6.07, 6.45) is 2.52. The predicted octanol–water partition coefficient (Wildman–Crippen LogP) is 4.33. The van der Waals surface area contributed by atoms with Crippen molar-refractivity contribution in [2.75, 3.05) is 19.8 Å². The SMILES string of the molecule is Cc1ccc(Sc2ncccc2C(=O)NCCCOCC(C)C)cc1. The summed E-state index contributed by atoms with van der Waals surface area (Å²) in [5, 5.41) is 3.67. The minimum absolute atomic E-state index is 0.0911. The molecule has 0 fully saturated rings. The lowest BCUT2D eigenvalue weighted by Gasteiger charge is -2.10. The standard InChI is InChI=1S/C20H26N2O2S/c1-15(2)14-24-13-5-12-21-19(23)18-6-4-11-22-20(18)25-17-9-7-16(3)8-10-17/h4,6-11,15H,5,12-14H2,1-3H3,(H,21,23). The summed E-state index contributed by atoms with van der Waals surface area (Å²) in [5.74, 6) is 0.443. The van der Waals surface area contributed by atoms with Gasteiger partial charge in [0.2, 0.25) is 0 Å². The Morgan fingerprint density at radius 1 is 1.24 bits per heavy atom. The van der Waals surface area contributed by atoms with E-state index in [0.29, 0.717) is 24.6 Å². The summed E-state index contributed by atoms with van der Waals surface area (Å²) in [7, 11) is 0. The highest BCUT2D eigenvalue weighted by molar-refractivity contribution is 7.99. The van der Waals surface area contributed by atoms with E-state index in [9.17, 15) is 4.79 Å². The first-order valence-electron chi connectivity index (χ1n) is 8.61. The zero-order valence-corrected chi connectivity index (χ0v) is 15.9. The molecule has 0 aliphatic heterocycles. The van der Waals surface area contributed by atoms with E-state index in [2.05, 4.69) is 43.2 Å². The number of hydrogen-bond acceptors (Lipinski definition) is 4. The third-order valence-corrected chi connectivity index (χ3v) is 4.48. The quantitative estimate of drug-likeness (QED) is 0.678. The second-order valence-electron chi connectivity index (χ2n) is 6.35. The average Bonchev–Trinajstić information content (AvgIpc) is 2.60. The van der Waals surface area contributed by atoms with E-state index in [1.54, 1.807) is 12.3 Å². The van der Waals surface area contributed by atoms with Crippen LogP contribution >= 0.6 is 11.8 Å². The molecule has 0 saturated carbocycles. The van der Waals surface area contributed by atoms with Gasteiger partial charge in [0.1, 0.15) is 5.03 Å². The summed E-state index contributed by atoms with van der Waals surface area (Å²) in [4.78, 5) is 17.9. The van der Waals surface area contributed by atoms with Gasteiger partial charge < -0.3 is 10.1 Å². The van der Waals surface area contributed by atoms with Gasteiger partial charge >= 0.3 is 0 Å². The van der Waals surface area contributed by atoms with Crippen molar-refractivity contribution in [2.45, 2.75) is 37.1 Å². The summed E-state index contributed by atoms with van der Waals surface area (Å²) >= 11 is 1.51. The molecule has 0 radical (unpaired) electrons. The largest absolute Gasteiger partial charge is 0.381 e. The number of aryl methyl sites for hydroxylation is 1. The van der Waals surface area contributed by atoms with Crippen LogP contribution in [-0.2, 0) is 4.74 Å². The number of aromatic nitrogens is 1. The lowest BCUT2D eigenvalue weighted by molar-refractivity contribution is 0.0922. The van der Waals surface area contributed by atoms with Gasteiger partial charge in [-0.15, -0.1) is 0 Å². The van der Waals surface area contributed by atoms with Gasteiger partial charge in [-0.2, -0.15) is 0 Å². The Bertz CT molecular complexity index is 672. The first kappa shape index (κ1) is 19.5. The summed E-state index contributed by atoms with van der Waals surface area (Å²) in [6.45, 7) is 8.32. The second-order valence-corrected chi connectivity index (χ2v) is 7.41. The monoisotopic (exact) mass is 358 g/mol. The highest BCUT2D eigenvalue weighted by Gasteiger charge is 2.13. The third kappa shape index (κ3) is 6.88. The van der Waals surface area contributed by atoms with Crippen LogP contribution < -0.4 is 5.32 Å². The van der Waals surface area contributed by atoms with Crippen LogP contribution in [0.2, 0.25) is 0 Å². The van der Waals surface area contributed by atoms with Gasteiger partial charge in [0, 0.05) is 30.9 Å². The minimum atomic E-state index is -0.0911. The van der Waals surface area contributed by atoms with E-state index in [1.165, 1.54) is 17.3 Å². The van der Waals surface area contributed by atoms with Crippen LogP contribution in [-0.4, -0.2) is 30.6 Å². The number of carbonyl (C=O) groups is 1. The zero-order valence-electron chi connectivity index (χ0n) is 15.1. The number of amides is 1. The topological polar surface area (TPSA) is 51.2 Å². The Labute approximate surface area is 154 Å². The fourth-order valence-electron chi connectivity index (χ4n) is 2.15. The molecule has 25 heavy (non-hydrogen) atoms. The average molecular weight is 359 g/mol. The fraction of sp³-hybridized carbons (Fsp3) is 0.400. The van der Waals surface area contributed by atoms with Crippen LogP contribution in [0.5, 0.6) is 0 Å². The fourth-order valence-corrected chi connectivity index (χ4v) is 3.03. The lowest BCUT2D eigenvalue weighted by atomic mass is 10.2. The van der Waals surface area contributed by atoms with Gasteiger partial charge in [0.25, 0.3) is 5.91 Å². The maximum absolute atomic E-state index is 12.4. The number of rotatable bonds is 9. The van der Waals surface area contributed by atoms with Crippen molar-refractivity contribution < 1.29 is 9.53 Å². The number of nitrogens with one attached hydrogen (secondary N) is 1. The van der Waals surface area contributed by atoms with Crippen molar-refractivity contribution in [1.29, 1.82) is 0 Å². The van der Waals surface area contributed by atoms with Gasteiger partial charge in [-0.3, -0.25) is 4.79 Å². The molecule has 4 nitrogen and oxygen atoms in total. The number of pyridine rings is 1. The van der Waals surface area contributed by atoms with Crippen molar-refractivity contribution in [3.05, 3.63) is 53.7 Å². The maximum atomic E-state index is 12.4. The number of nitrogens with zero attached hydrogens (tertiary/aromatic N) is 1. The van der Waals surface area contributed by atoms with Crippen molar-refractivity contribution in [3.63, 3.8) is 0 Å². The molecule has 2 rings (SSSR count). The number of ether oxygens (including phenoxy) is 1. The molecule has 1 aromatic heterocycles. The molecule has 0 saturated heterocycles.